The molecule has 0 radical (unpaired) electrons. The smallest absolute Gasteiger partial charge is 0.0657 e. The molecule has 9 atom stereocenters. The topological polar surface area (TPSA) is 40.5 Å². The summed E-state index contributed by atoms with van der Waals surface area (Å²) in [6.45, 7) is 14.0. The molecule has 2 nitrogen and oxygen atoms in total. The number of unbranched alkanes of at least 4 members (excludes halogenated alkanes) is 1. The zero-order valence-corrected chi connectivity index (χ0v) is 22.1. The predicted octanol–water partition coefficient (Wildman–Crippen LogP) is 7.67. The molecule has 0 aromatic carbocycles. The van der Waals surface area contributed by atoms with Crippen LogP contribution in [0.25, 0.3) is 0 Å². The summed E-state index contributed by atoms with van der Waals surface area (Å²) in [6.07, 6.45) is 17.8. The quantitative estimate of drug-likeness (QED) is 0.395. The van der Waals surface area contributed by atoms with Gasteiger partial charge in [0.2, 0.25) is 0 Å². The van der Waals surface area contributed by atoms with Crippen molar-refractivity contribution < 1.29 is 10.2 Å². The van der Waals surface area contributed by atoms with Gasteiger partial charge in [0.1, 0.15) is 0 Å². The Kier molecular flexibility index (Phi) is 6.74. The monoisotopic (exact) mass is 444 g/mol. The van der Waals surface area contributed by atoms with E-state index in [4.69, 9.17) is 0 Å². The van der Waals surface area contributed by atoms with Crippen LogP contribution < -0.4 is 0 Å². The Bertz CT molecular complexity index is 706. The molecule has 2 heteroatoms. The van der Waals surface area contributed by atoms with E-state index in [-0.39, 0.29) is 0 Å². The Balaban J connectivity index is 1.45. The summed E-state index contributed by atoms with van der Waals surface area (Å²) >= 11 is 0. The minimum Gasteiger partial charge on any atom is -0.390 e. The SMILES string of the molecule is CCCC[C@](C)(O)CC[C@@H](C)[C@H]1CC[C@H]2[C@@H]3CC=C4C[C@@](C)(O)CC[C@]4(C)C3CC[C@]12C. The van der Waals surface area contributed by atoms with Gasteiger partial charge in [0, 0.05) is 0 Å². The maximum absolute atomic E-state index is 10.8. The largest absolute Gasteiger partial charge is 0.390 e. The minimum absolute atomic E-state index is 0.328. The van der Waals surface area contributed by atoms with Gasteiger partial charge in [-0.1, -0.05) is 52.2 Å². The Morgan fingerprint density at radius 2 is 1.81 bits per heavy atom. The summed E-state index contributed by atoms with van der Waals surface area (Å²) in [5, 5.41) is 21.5. The molecule has 4 rings (SSSR count). The van der Waals surface area contributed by atoms with Crippen LogP contribution in [0.3, 0.4) is 0 Å². The maximum atomic E-state index is 10.8. The first kappa shape index (κ1) is 24.8. The fourth-order valence-electron chi connectivity index (χ4n) is 9.20. The lowest BCUT2D eigenvalue weighted by Gasteiger charge is -2.59. The van der Waals surface area contributed by atoms with Gasteiger partial charge in [0.05, 0.1) is 11.2 Å². The molecule has 4 aliphatic carbocycles. The van der Waals surface area contributed by atoms with E-state index in [1.807, 2.05) is 6.92 Å². The van der Waals surface area contributed by atoms with E-state index < -0.39 is 11.2 Å². The number of rotatable bonds is 7. The molecule has 0 bridgehead atoms. The molecule has 0 amide bonds. The van der Waals surface area contributed by atoms with Crippen LogP contribution in [0.15, 0.2) is 11.6 Å². The van der Waals surface area contributed by atoms with Crippen LogP contribution in [0.4, 0.5) is 0 Å². The van der Waals surface area contributed by atoms with E-state index in [1.165, 1.54) is 51.4 Å². The van der Waals surface area contributed by atoms with Crippen molar-refractivity contribution in [3.63, 3.8) is 0 Å². The normalized spacial score (nSPS) is 46.4. The number of hydrogen-bond donors (Lipinski definition) is 2. The summed E-state index contributed by atoms with van der Waals surface area (Å²) in [5.74, 6) is 4.06. The molecule has 3 saturated carbocycles. The Labute approximate surface area is 198 Å². The van der Waals surface area contributed by atoms with Crippen molar-refractivity contribution in [3.05, 3.63) is 11.6 Å². The van der Waals surface area contributed by atoms with Gasteiger partial charge in [-0.3, -0.25) is 0 Å². The van der Waals surface area contributed by atoms with Gasteiger partial charge >= 0.3 is 0 Å². The van der Waals surface area contributed by atoms with Crippen LogP contribution in [-0.4, -0.2) is 21.4 Å². The maximum Gasteiger partial charge on any atom is 0.0657 e. The minimum atomic E-state index is -0.492. The zero-order chi connectivity index (χ0) is 23.4. The summed E-state index contributed by atoms with van der Waals surface area (Å²) in [7, 11) is 0. The molecule has 0 saturated heterocycles. The molecule has 4 aliphatic rings. The molecule has 0 aliphatic heterocycles. The summed E-state index contributed by atoms with van der Waals surface area (Å²) in [6, 6.07) is 0. The second kappa shape index (κ2) is 8.71. The number of fused-ring (bicyclic) bond motifs is 5. The van der Waals surface area contributed by atoms with Gasteiger partial charge in [-0.05, 0) is 125 Å². The lowest BCUT2D eigenvalue weighted by molar-refractivity contribution is -0.0715. The Morgan fingerprint density at radius 3 is 2.53 bits per heavy atom. The molecular weight excluding hydrogens is 392 g/mol. The van der Waals surface area contributed by atoms with Crippen LogP contribution in [-0.2, 0) is 0 Å². The molecule has 0 aromatic heterocycles. The van der Waals surface area contributed by atoms with Crippen molar-refractivity contribution in [1.82, 2.24) is 0 Å². The molecule has 0 spiro atoms. The highest BCUT2D eigenvalue weighted by Crippen LogP contribution is 2.67. The first-order valence-corrected chi connectivity index (χ1v) is 14.1. The summed E-state index contributed by atoms with van der Waals surface area (Å²) < 4.78 is 0. The Hall–Kier alpha value is -0.340. The molecule has 0 aromatic rings. The van der Waals surface area contributed by atoms with Crippen molar-refractivity contribution >= 4 is 0 Å². The predicted molar refractivity (Wildman–Crippen MR) is 134 cm³/mol. The molecule has 2 N–H and O–H groups in total. The van der Waals surface area contributed by atoms with Gasteiger partial charge in [0.15, 0.2) is 0 Å². The number of allylic oxidation sites excluding steroid dienone is 1. The second-order valence-electron chi connectivity index (χ2n) is 13.8. The molecule has 3 fully saturated rings. The summed E-state index contributed by atoms with van der Waals surface area (Å²) in [5.41, 5.74) is 1.41. The van der Waals surface area contributed by atoms with Gasteiger partial charge in [-0.2, -0.15) is 0 Å². The van der Waals surface area contributed by atoms with Crippen molar-refractivity contribution in [2.45, 2.75) is 136 Å². The van der Waals surface area contributed by atoms with Gasteiger partial charge in [0.25, 0.3) is 0 Å². The first-order chi connectivity index (χ1) is 14.9. The van der Waals surface area contributed by atoms with E-state index >= 15 is 0 Å². The van der Waals surface area contributed by atoms with Crippen molar-refractivity contribution in [3.8, 4) is 0 Å². The van der Waals surface area contributed by atoms with Crippen molar-refractivity contribution in [2.24, 2.45) is 40.4 Å². The van der Waals surface area contributed by atoms with Gasteiger partial charge < -0.3 is 10.2 Å². The highest BCUT2D eigenvalue weighted by atomic mass is 16.3. The average Bonchev–Trinajstić information content (AvgIpc) is 3.08. The van der Waals surface area contributed by atoms with E-state index in [9.17, 15) is 10.2 Å². The van der Waals surface area contributed by atoms with E-state index in [0.29, 0.717) is 16.7 Å². The second-order valence-corrected chi connectivity index (χ2v) is 13.8. The Morgan fingerprint density at radius 1 is 1.06 bits per heavy atom. The molecule has 32 heavy (non-hydrogen) atoms. The third-order valence-electron chi connectivity index (χ3n) is 11.3. The van der Waals surface area contributed by atoms with Gasteiger partial charge in [-0.15, -0.1) is 0 Å². The molecule has 184 valence electrons. The lowest BCUT2D eigenvalue weighted by atomic mass is 9.46. The molecule has 1 unspecified atom stereocenters. The summed E-state index contributed by atoms with van der Waals surface area (Å²) in [4.78, 5) is 0. The highest BCUT2D eigenvalue weighted by Gasteiger charge is 2.59. The van der Waals surface area contributed by atoms with E-state index in [2.05, 4.69) is 40.7 Å². The molecular formula is C30H52O2. The van der Waals surface area contributed by atoms with Crippen molar-refractivity contribution in [2.75, 3.05) is 0 Å². The standard InChI is InChI=1S/C30H52O2/c1-7-8-15-27(3,31)16-13-21(2)24-11-12-25-23-10-9-22-20-28(4,32)18-19-29(22,5)26(23)14-17-30(24,25)6/h9,21,23-26,31-32H,7-8,10-20H2,1-6H3/t21-,23+,24-,25+,26?,27+,28+,29+,30-/m1/s1. The van der Waals surface area contributed by atoms with E-state index in [0.717, 1.165) is 55.8 Å². The van der Waals surface area contributed by atoms with Crippen LogP contribution in [0.1, 0.15) is 125 Å². The van der Waals surface area contributed by atoms with Crippen LogP contribution in [0, 0.1) is 40.4 Å². The first-order valence-electron chi connectivity index (χ1n) is 14.1. The third-order valence-corrected chi connectivity index (χ3v) is 11.3. The fraction of sp³-hybridized carbons (Fsp3) is 0.933. The van der Waals surface area contributed by atoms with Crippen LogP contribution in [0.2, 0.25) is 0 Å². The molecule has 0 heterocycles. The average molecular weight is 445 g/mol. The number of aliphatic hydroxyl groups is 2. The van der Waals surface area contributed by atoms with Crippen LogP contribution >= 0.6 is 0 Å². The van der Waals surface area contributed by atoms with Crippen molar-refractivity contribution in [1.29, 1.82) is 0 Å². The lowest BCUT2D eigenvalue weighted by Crippen LogP contribution is -2.52. The fourth-order valence-corrected chi connectivity index (χ4v) is 9.20. The third kappa shape index (κ3) is 4.37. The van der Waals surface area contributed by atoms with Gasteiger partial charge in [-0.25, -0.2) is 0 Å². The van der Waals surface area contributed by atoms with Crippen LogP contribution in [0.5, 0.6) is 0 Å². The highest BCUT2D eigenvalue weighted by molar-refractivity contribution is 5.26. The number of hydrogen-bond acceptors (Lipinski definition) is 2. The zero-order valence-electron chi connectivity index (χ0n) is 22.1. The van der Waals surface area contributed by atoms with E-state index in [1.54, 1.807) is 5.57 Å².